The van der Waals surface area contributed by atoms with E-state index in [9.17, 15) is 4.79 Å². The first-order chi connectivity index (χ1) is 7.02. The Morgan fingerprint density at radius 1 is 1.44 bits per heavy atom. The lowest BCUT2D eigenvalue weighted by Gasteiger charge is -2.09. The van der Waals surface area contributed by atoms with E-state index in [-0.39, 0.29) is 28.0 Å². The molecule has 7 heteroatoms. The van der Waals surface area contributed by atoms with Gasteiger partial charge in [-0.2, -0.15) is 5.10 Å². The summed E-state index contributed by atoms with van der Waals surface area (Å²) < 4.78 is 1.33. The van der Waals surface area contributed by atoms with Gasteiger partial charge in [0.1, 0.15) is 5.02 Å². The third-order valence-corrected chi connectivity index (χ3v) is 2.67. The Bertz CT molecular complexity index is 392. The molecule has 0 radical (unpaired) electrons. The van der Waals surface area contributed by atoms with Gasteiger partial charge >= 0.3 is 0 Å². The molecule has 0 saturated heterocycles. The van der Waals surface area contributed by atoms with Gasteiger partial charge in [0.2, 0.25) is 0 Å². The predicted octanol–water partition coefficient (Wildman–Crippen LogP) is 1.92. The largest absolute Gasteiger partial charge is 0.309 e. The predicted molar refractivity (Wildman–Crippen MR) is 68.9 cm³/mol. The summed E-state index contributed by atoms with van der Waals surface area (Å²) in [6.45, 7) is 1.45. The lowest BCUT2D eigenvalue weighted by molar-refractivity contribution is 0.377. The minimum atomic E-state index is -0.331. The standard InChI is InChI=1S/C9H13Cl2N3O.ClH/c1-13(2)4-3-5-14-9(15)8(11)7(10)6-12-14;/h6H,3-5H2,1-2H3;1H. The second-order valence-corrected chi connectivity index (χ2v) is 4.28. The van der Waals surface area contributed by atoms with E-state index in [0.29, 0.717) is 6.54 Å². The first-order valence-corrected chi connectivity index (χ1v) is 5.34. The highest BCUT2D eigenvalue weighted by molar-refractivity contribution is 6.41. The first-order valence-electron chi connectivity index (χ1n) is 4.58. The summed E-state index contributed by atoms with van der Waals surface area (Å²) in [6.07, 6.45) is 2.23. The number of rotatable bonds is 4. The molecule has 1 aromatic heterocycles. The lowest BCUT2D eigenvalue weighted by atomic mass is 10.4. The summed E-state index contributed by atoms with van der Waals surface area (Å²) in [7, 11) is 3.95. The van der Waals surface area contributed by atoms with Crippen LogP contribution in [0.3, 0.4) is 0 Å². The fraction of sp³-hybridized carbons (Fsp3) is 0.556. The van der Waals surface area contributed by atoms with Gasteiger partial charge in [0.15, 0.2) is 0 Å². The van der Waals surface area contributed by atoms with Crippen LogP contribution in [0.1, 0.15) is 6.42 Å². The molecule has 0 spiro atoms. The average molecular weight is 287 g/mol. The Kier molecular flexibility index (Phi) is 6.99. The Labute approximate surface area is 111 Å². The average Bonchev–Trinajstić information content (AvgIpc) is 2.18. The van der Waals surface area contributed by atoms with Crippen LogP contribution in [-0.2, 0) is 6.54 Å². The SMILES string of the molecule is CN(C)CCCn1ncc(Cl)c(Cl)c1=O.Cl. The first kappa shape index (κ1) is 15.7. The Morgan fingerprint density at radius 3 is 2.62 bits per heavy atom. The highest BCUT2D eigenvalue weighted by Crippen LogP contribution is 2.14. The molecule has 1 rings (SSSR count). The third kappa shape index (κ3) is 4.29. The molecular weight excluding hydrogens is 272 g/mol. The molecule has 0 amide bonds. The fourth-order valence-corrected chi connectivity index (χ4v) is 1.41. The molecule has 0 aromatic carbocycles. The lowest BCUT2D eigenvalue weighted by Crippen LogP contribution is -2.25. The summed E-state index contributed by atoms with van der Waals surface area (Å²) in [5.74, 6) is 0. The maximum Gasteiger partial charge on any atom is 0.287 e. The van der Waals surface area contributed by atoms with Gasteiger partial charge in [-0.1, -0.05) is 23.2 Å². The van der Waals surface area contributed by atoms with Crippen molar-refractivity contribution in [2.24, 2.45) is 0 Å². The normalized spacial score (nSPS) is 10.3. The maximum absolute atomic E-state index is 11.5. The minimum absolute atomic E-state index is 0. The molecular formula is C9H14Cl3N3O. The van der Waals surface area contributed by atoms with Crippen molar-refractivity contribution in [1.82, 2.24) is 14.7 Å². The summed E-state index contributed by atoms with van der Waals surface area (Å²) in [6, 6.07) is 0. The van der Waals surface area contributed by atoms with Crippen LogP contribution >= 0.6 is 35.6 Å². The second-order valence-electron chi connectivity index (χ2n) is 3.49. The molecule has 1 aromatic rings. The van der Waals surface area contributed by atoms with E-state index in [1.54, 1.807) is 0 Å². The monoisotopic (exact) mass is 285 g/mol. The molecule has 4 nitrogen and oxygen atoms in total. The van der Waals surface area contributed by atoms with Crippen molar-refractivity contribution in [2.45, 2.75) is 13.0 Å². The fourth-order valence-electron chi connectivity index (χ4n) is 1.14. The topological polar surface area (TPSA) is 38.1 Å². The van der Waals surface area contributed by atoms with Crippen molar-refractivity contribution < 1.29 is 0 Å². The number of hydrogen-bond donors (Lipinski definition) is 0. The van der Waals surface area contributed by atoms with E-state index < -0.39 is 0 Å². The van der Waals surface area contributed by atoms with Crippen LogP contribution in [0.15, 0.2) is 11.0 Å². The van der Waals surface area contributed by atoms with Crippen LogP contribution in [0.2, 0.25) is 10.0 Å². The Hall–Kier alpha value is -0.290. The highest BCUT2D eigenvalue weighted by atomic mass is 35.5. The summed E-state index contributed by atoms with van der Waals surface area (Å²) >= 11 is 11.4. The van der Waals surface area contributed by atoms with Gasteiger partial charge < -0.3 is 4.90 Å². The van der Waals surface area contributed by atoms with E-state index in [2.05, 4.69) is 5.10 Å². The summed E-state index contributed by atoms with van der Waals surface area (Å²) in [5, 5.41) is 4.14. The third-order valence-electron chi connectivity index (χ3n) is 1.92. The number of nitrogens with zero attached hydrogens (tertiary/aromatic N) is 3. The molecule has 0 aliphatic heterocycles. The van der Waals surface area contributed by atoms with Gasteiger partial charge in [-0.05, 0) is 27.1 Å². The zero-order valence-corrected chi connectivity index (χ0v) is 11.4. The van der Waals surface area contributed by atoms with Crippen LogP contribution in [0, 0.1) is 0 Å². The quantitative estimate of drug-likeness (QED) is 0.849. The van der Waals surface area contributed by atoms with Crippen molar-refractivity contribution in [3.8, 4) is 0 Å². The zero-order valence-electron chi connectivity index (χ0n) is 9.11. The van der Waals surface area contributed by atoms with E-state index >= 15 is 0 Å². The van der Waals surface area contributed by atoms with Crippen molar-refractivity contribution >= 4 is 35.6 Å². The highest BCUT2D eigenvalue weighted by Gasteiger charge is 2.06. The number of aryl methyl sites for hydroxylation is 1. The van der Waals surface area contributed by atoms with Crippen LogP contribution in [0.5, 0.6) is 0 Å². The van der Waals surface area contributed by atoms with Crippen molar-refractivity contribution in [2.75, 3.05) is 20.6 Å². The zero-order chi connectivity index (χ0) is 11.4. The molecule has 92 valence electrons. The van der Waals surface area contributed by atoms with Crippen molar-refractivity contribution in [3.05, 3.63) is 26.6 Å². The van der Waals surface area contributed by atoms with E-state index in [4.69, 9.17) is 23.2 Å². The molecule has 0 N–H and O–H groups in total. The molecule has 0 atom stereocenters. The minimum Gasteiger partial charge on any atom is -0.309 e. The molecule has 0 bridgehead atoms. The van der Waals surface area contributed by atoms with Crippen LogP contribution < -0.4 is 5.56 Å². The Morgan fingerprint density at radius 2 is 2.06 bits per heavy atom. The number of halogens is 3. The van der Waals surface area contributed by atoms with Gasteiger partial charge in [0.05, 0.1) is 11.2 Å². The van der Waals surface area contributed by atoms with Gasteiger partial charge in [0, 0.05) is 6.54 Å². The second kappa shape index (κ2) is 7.12. The van der Waals surface area contributed by atoms with Crippen LogP contribution in [0.25, 0.3) is 0 Å². The molecule has 0 saturated carbocycles. The molecule has 0 unspecified atom stereocenters. The molecule has 0 fully saturated rings. The Balaban J connectivity index is 0.00000225. The van der Waals surface area contributed by atoms with E-state index in [1.807, 2.05) is 19.0 Å². The number of aromatic nitrogens is 2. The van der Waals surface area contributed by atoms with Crippen LogP contribution in [0.4, 0.5) is 0 Å². The van der Waals surface area contributed by atoms with Gasteiger partial charge in [-0.15, -0.1) is 12.4 Å². The van der Waals surface area contributed by atoms with Gasteiger partial charge in [-0.25, -0.2) is 4.68 Å². The van der Waals surface area contributed by atoms with E-state index in [0.717, 1.165) is 13.0 Å². The molecule has 16 heavy (non-hydrogen) atoms. The van der Waals surface area contributed by atoms with Crippen molar-refractivity contribution in [1.29, 1.82) is 0 Å². The molecule has 1 heterocycles. The van der Waals surface area contributed by atoms with E-state index in [1.165, 1.54) is 10.9 Å². The van der Waals surface area contributed by atoms with Crippen molar-refractivity contribution in [3.63, 3.8) is 0 Å². The summed E-state index contributed by atoms with van der Waals surface area (Å²) in [4.78, 5) is 13.6. The van der Waals surface area contributed by atoms with Gasteiger partial charge in [0.25, 0.3) is 5.56 Å². The van der Waals surface area contributed by atoms with Crippen LogP contribution in [-0.4, -0.2) is 35.3 Å². The molecule has 0 aliphatic rings. The summed E-state index contributed by atoms with van der Waals surface area (Å²) in [5.41, 5.74) is -0.331. The maximum atomic E-state index is 11.5. The smallest absolute Gasteiger partial charge is 0.287 e. The molecule has 0 aliphatic carbocycles. The van der Waals surface area contributed by atoms with Gasteiger partial charge in [-0.3, -0.25) is 4.79 Å². The number of hydrogen-bond acceptors (Lipinski definition) is 3.